The van der Waals surface area contributed by atoms with Gasteiger partial charge in [0, 0.05) is 28.4 Å². The van der Waals surface area contributed by atoms with Crippen LogP contribution in [0.15, 0.2) is 42.5 Å². The van der Waals surface area contributed by atoms with E-state index in [2.05, 4.69) is 10.6 Å². The molecule has 6 heteroatoms. The Labute approximate surface area is 138 Å². The molecule has 2 N–H and O–H groups in total. The monoisotopic (exact) mass is 330 g/mol. The fraction of sp³-hybridized carbons (Fsp3) is 0.235. The molecule has 0 saturated heterocycles. The molecule has 1 aliphatic heterocycles. The number of ether oxygens (including phenoxy) is 2. The van der Waals surface area contributed by atoms with E-state index in [4.69, 9.17) is 21.1 Å². The van der Waals surface area contributed by atoms with Crippen LogP contribution in [0, 0.1) is 0 Å². The van der Waals surface area contributed by atoms with Crippen molar-refractivity contribution in [2.75, 3.05) is 5.32 Å². The number of carbonyl (C=O) groups excluding carboxylic acids is 1. The molecule has 2 aliphatic rings. The highest BCUT2D eigenvalue weighted by Gasteiger charge is 2.27. The second-order valence-corrected chi connectivity index (χ2v) is 6.09. The summed E-state index contributed by atoms with van der Waals surface area (Å²) in [6.07, 6.45) is 1.60. The number of halogens is 1. The standard InChI is InChI=1S/C17H15ClN2O3/c18-11-3-1-10(2-4-11)16-22-14-8-7-13(9-15(14)23-16)20-17(21)19-12-5-6-12/h1-4,7-9,12,16H,5-6H2,(H2,19,20,21). The second kappa shape index (κ2) is 5.66. The topological polar surface area (TPSA) is 59.6 Å². The molecular formula is C17H15ClN2O3. The molecule has 0 bridgehead atoms. The summed E-state index contributed by atoms with van der Waals surface area (Å²) in [7, 11) is 0. The molecule has 4 rings (SSSR count). The van der Waals surface area contributed by atoms with Gasteiger partial charge in [0.1, 0.15) is 0 Å². The third-order valence-electron chi connectivity index (χ3n) is 3.72. The van der Waals surface area contributed by atoms with Crippen molar-refractivity contribution in [3.05, 3.63) is 53.1 Å². The highest BCUT2D eigenvalue weighted by Crippen LogP contribution is 2.42. The first-order valence-corrected chi connectivity index (χ1v) is 7.85. The van der Waals surface area contributed by atoms with Crippen molar-refractivity contribution in [2.45, 2.75) is 25.2 Å². The van der Waals surface area contributed by atoms with Gasteiger partial charge in [-0.25, -0.2) is 4.79 Å². The quantitative estimate of drug-likeness (QED) is 0.891. The fourth-order valence-corrected chi connectivity index (χ4v) is 2.49. The molecule has 2 amide bonds. The van der Waals surface area contributed by atoms with Crippen LogP contribution in [-0.4, -0.2) is 12.1 Å². The van der Waals surface area contributed by atoms with Gasteiger partial charge in [-0.15, -0.1) is 0 Å². The van der Waals surface area contributed by atoms with Crippen LogP contribution in [0.1, 0.15) is 24.7 Å². The van der Waals surface area contributed by atoms with Crippen LogP contribution < -0.4 is 20.1 Å². The summed E-state index contributed by atoms with van der Waals surface area (Å²) in [4.78, 5) is 11.8. The van der Waals surface area contributed by atoms with E-state index in [1.807, 2.05) is 12.1 Å². The van der Waals surface area contributed by atoms with E-state index in [1.54, 1.807) is 30.3 Å². The SMILES string of the molecule is O=C(Nc1ccc2c(c1)OC(c1ccc(Cl)cc1)O2)NC1CC1. The molecule has 2 aromatic carbocycles. The maximum absolute atomic E-state index is 11.8. The van der Waals surface area contributed by atoms with Crippen molar-refractivity contribution in [2.24, 2.45) is 0 Å². The van der Waals surface area contributed by atoms with Crippen molar-refractivity contribution in [1.29, 1.82) is 0 Å². The van der Waals surface area contributed by atoms with Crippen molar-refractivity contribution in [3.63, 3.8) is 0 Å². The first-order valence-electron chi connectivity index (χ1n) is 7.48. The predicted octanol–water partition coefficient (Wildman–Crippen LogP) is 4.09. The highest BCUT2D eigenvalue weighted by atomic mass is 35.5. The zero-order chi connectivity index (χ0) is 15.8. The van der Waals surface area contributed by atoms with Crippen molar-refractivity contribution in [1.82, 2.24) is 5.32 Å². The van der Waals surface area contributed by atoms with Gasteiger partial charge in [0.15, 0.2) is 11.5 Å². The van der Waals surface area contributed by atoms with Crippen LogP contribution in [0.5, 0.6) is 11.5 Å². The molecule has 23 heavy (non-hydrogen) atoms. The van der Waals surface area contributed by atoms with E-state index in [-0.39, 0.29) is 6.03 Å². The lowest BCUT2D eigenvalue weighted by Gasteiger charge is -2.10. The summed E-state index contributed by atoms with van der Waals surface area (Å²) in [5.41, 5.74) is 1.55. The fourth-order valence-electron chi connectivity index (χ4n) is 2.37. The minimum Gasteiger partial charge on any atom is -0.447 e. The van der Waals surface area contributed by atoms with Crippen LogP contribution in [0.2, 0.25) is 5.02 Å². The van der Waals surface area contributed by atoms with Gasteiger partial charge in [0.25, 0.3) is 6.29 Å². The maximum atomic E-state index is 11.8. The van der Waals surface area contributed by atoms with E-state index in [9.17, 15) is 4.79 Å². The lowest BCUT2D eigenvalue weighted by atomic mass is 10.2. The van der Waals surface area contributed by atoms with Crippen LogP contribution in [0.4, 0.5) is 10.5 Å². The first kappa shape index (κ1) is 14.2. The van der Waals surface area contributed by atoms with Gasteiger partial charge in [-0.05, 0) is 37.1 Å². The molecule has 1 aliphatic carbocycles. The zero-order valence-electron chi connectivity index (χ0n) is 12.2. The van der Waals surface area contributed by atoms with Gasteiger partial charge in [0.2, 0.25) is 0 Å². The summed E-state index contributed by atoms with van der Waals surface area (Å²) in [5, 5.41) is 6.34. The Hall–Kier alpha value is -2.40. The number of rotatable bonds is 3. The molecule has 0 radical (unpaired) electrons. The number of anilines is 1. The average molecular weight is 331 g/mol. The second-order valence-electron chi connectivity index (χ2n) is 5.65. The number of amides is 2. The summed E-state index contributed by atoms with van der Waals surface area (Å²) < 4.78 is 11.6. The Morgan fingerprint density at radius 2 is 1.78 bits per heavy atom. The van der Waals surface area contributed by atoms with Gasteiger partial charge in [-0.3, -0.25) is 0 Å². The normalized spacial score (nSPS) is 18.6. The summed E-state index contributed by atoms with van der Waals surface area (Å²) >= 11 is 5.89. The van der Waals surface area contributed by atoms with Gasteiger partial charge in [0.05, 0.1) is 0 Å². The number of fused-ring (bicyclic) bond motifs is 1. The molecule has 1 fully saturated rings. The molecule has 1 saturated carbocycles. The van der Waals surface area contributed by atoms with Gasteiger partial charge < -0.3 is 20.1 Å². The summed E-state index contributed by atoms with van der Waals surface area (Å²) in [6, 6.07) is 12.8. The lowest BCUT2D eigenvalue weighted by molar-refractivity contribution is 0.0487. The Morgan fingerprint density at radius 3 is 2.52 bits per heavy atom. The van der Waals surface area contributed by atoms with Crippen LogP contribution in [-0.2, 0) is 0 Å². The Bertz CT molecular complexity index is 744. The number of benzene rings is 2. The van der Waals surface area contributed by atoms with E-state index in [1.165, 1.54) is 0 Å². The smallest absolute Gasteiger partial charge is 0.319 e. The molecule has 1 unspecified atom stereocenters. The predicted molar refractivity (Wildman–Crippen MR) is 87.1 cm³/mol. The molecule has 2 aromatic rings. The maximum Gasteiger partial charge on any atom is 0.319 e. The van der Waals surface area contributed by atoms with Crippen LogP contribution in [0.3, 0.4) is 0 Å². The molecular weight excluding hydrogens is 316 g/mol. The number of carbonyl (C=O) groups is 1. The highest BCUT2D eigenvalue weighted by molar-refractivity contribution is 6.30. The Kier molecular flexibility index (Phi) is 3.50. The molecule has 0 spiro atoms. The summed E-state index contributed by atoms with van der Waals surface area (Å²) in [6.45, 7) is 0. The van der Waals surface area contributed by atoms with E-state index >= 15 is 0 Å². The van der Waals surface area contributed by atoms with E-state index < -0.39 is 6.29 Å². The first-order chi connectivity index (χ1) is 11.2. The van der Waals surface area contributed by atoms with Gasteiger partial charge in [-0.2, -0.15) is 0 Å². The average Bonchev–Trinajstić information content (AvgIpc) is 3.24. The molecule has 118 valence electrons. The number of nitrogens with one attached hydrogen (secondary N) is 2. The molecule has 1 atom stereocenters. The van der Waals surface area contributed by atoms with Gasteiger partial charge in [-0.1, -0.05) is 23.7 Å². The Balaban J connectivity index is 1.45. The van der Waals surface area contributed by atoms with Crippen molar-refractivity contribution in [3.8, 4) is 11.5 Å². The van der Waals surface area contributed by atoms with E-state index in [0.717, 1.165) is 18.4 Å². The third kappa shape index (κ3) is 3.19. The van der Waals surface area contributed by atoms with Crippen molar-refractivity contribution >= 4 is 23.3 Å². The van der Waals surface area contributed by atoms with Crippen LogP contribution >= 0.6 is 11.6 Å². The lowest BCUT2D eigenvalue weighted by Crippen LogP contribution is -2.30. The van der Waals surface area contributed by atoms with Crippen molar-refractivity contribution < 1.29 is 14.3 Å². The molecule has 0 aromatic heterocycles. The minimum atomic E-state index is -0.502. The third-order valence-corrected chi connectivity index (χ3v) is 3.98. The molecule has 1 heterocycles. The van der Waals surface area contributed by atoms with Crippen LogP contribution in [0.25, 0.3) is 0 Å². The largest absolute Gasteiger partial charge is 0.447 e. The number of hydrogen-bond donors (Lipinski definition) is 2. The zero-order valence-corrected chi connectivity index (χ0v) is 13.0. The van der Waals surface area contributed by atoms with E-state index in [0.29, 0.717) is 28.3 Å². The number of urea groups is 1. The number of hydrogen-bond acceptors (Lipinski definition) is 3. The van der Waals surface area contributed by atoms with Gasteiger partial charge >= 0.3 is 6.03 Å². The Morgan fingerprint density at radius 1 is 1.04 bits per heavy atom. The summed E-state index contributed by atoms with van der Waals surface area (Å²) in [5.74, 6) is 1.26. The minimum absolute atomic E-state index is 0.194. The molecule has 5 nitrogen and oxygen atoms in total.